The van der Waals surface area contributed by atoms with E-state index in [0.29, 0.717) is 32.8 Å². The first-order chi connectivity index (χ1) is 17.3. The number of hydrogen-bond donors (Lipinski definition) is 2. The molecule has 0 spiro atoms. The van der Waals surface area contributed by atoms with Gasteiger partial charge in [-0.15, -0.1) is 0 Å². The Morgan fingerprint density at radius 1 is 1.11 bits per heavy atom. The van der Waals surface area contributed by atoms with Crippen LogP contribution in [-0.2, 0) is 9.53 Å². The second-order valence-electron chi connectivity index (χ2n) is 7.88. The molecule has 188 valence electrons. The molecule has 0 aliphatic carbocycles. The number of phenolic OH excluding ortho intramolecular Hbond substituents is 2. The van der Waals surface area contributed by atoms with E-state index in [1.54, 1.807) is 51.1 Å². The van der Waals surface area contributed by atoms with Crippen molar-refractivity contribution < 1.29 is 29.2 Å². The van der Waals surface area contributed by atoms with Crippen LogP contribution in [0.1, 0.15) is 37.9 Å². The molecule has 2 N–H and O–H groups in total. The van der Waals surface area contributed by atoms with Crippen LogP contribution < -0.4 is 24.4 Å². The molecule has 0 saturated carbocycles. The lowest BCUT2D eigenvalue weighted by atomic mass is 9.96. The predicted octanol–water partition coefficient (Wildman–Crippen LogP) is 2.73. The Hall–Kier alpha value is -4.05. The Morgan fingerprint density at radius 2 is 1.83 bits per heavy atom. The Bertz CT molecular complexity index is 1530. The minimum absolute atomic E-state index is 0.00661. The van der Waals surface area contributed by atoms with E-state index in [0.717, 1.165) is 0 Å². The summed E-state index contributed by atoms with van der Waals surface area (Å²) < 4.78 is 17.8. The van der Waals surface area contributed by atoms with Crippen LogP contribution in [-0.4, -0.2) is 41.1 Å². The molecule has 36 heavy (non-hydrogen) atoms. The van der Waals surface area contributed by atoms with Crippen LogP contribution >= 0.6 is 11.3 Å². The van der Waals surface area contributed by atoms with Crippen molar-refractivity contribution in [2.75, 3.05) is 20.3 Å². The molecular formula is C26H26N2O7S. The maximum Gasteiger partial charge on any atom is 0.338 e. The number of aromatic hydroxyl groups is 2. The number of benzene rings is 2. The smallest absolute Gasteiger partial charge is 0.338 e. The van der Waals surface area contributed by atoms with Gasteiger partial charge in [-0.05, 0) is 62.2 Å². The second-order valence-corrected chi connectivity index (χ2v) is 8.89. The Kier molecular flexibility index (Phi) is 7.16. The zero-order valence-corrected chi connectivity index (χ0v) is 21.1. The van der Waals surface area contributed by atoms with Crippen molar-refractivity contribution in [3.63, 3.8) is 0 Å². The summed E-state index contributed by atoms with van der Waals surface area (Å²) in [5, 5.41) is 20.0. The Labute approximate surface area is 210 Å². The normalized spacial score (nSPS) is 15.3. The summed E-state index contributed by atoms with van der Waals surface area (Å²) in [6.07, 6.45) is 1.68. The molecule has 0 saturated heterocycles. The van der Waals surface area contributed by atoms with E-state index in [1.807, 2.05) is 0 Å². The van der Waals surface area contributed by atoms with Crippen molar-refractivity contribution in [1.29, 1.82) is 0 Å². The number of rotatable bonds is 7. The summed E-state index contributed by atoms with van der Waals surface area (Å²) >= 11 is 1.18. The van der Waals surface area contributed by atoms with Crippen LogP contribution in [0.4, 0.5) is 0 Å². The third-order valence-corrected chi connectivity index (χ3v) is 6.62. The summed E-state index contributed by atoms with van der Waals surface area (Å²) in [6.45, 7) is 5.71. The van der Waals surface area contributed by atoms with Gasteiger partial charge in [0.05, 0.1) is 30.4 Å². The fourth-order valence-electron chi connectivity index (χ4n) is 3.97. The molecule has 0 radical (unpaired) electrons. The first-order valence-electron chi connectivity index (χ1n) is 11.3. The highest BCUT2D eigenvalue weighted by Crippen LogP contribution is 2.36. The maximum atomic E-state index is 13.4. The molecule has 1 aromatic heterocycles. The van der Waals surface area contributed by atoms with Crippen molar-refractivity contribution >= 4 is 29.1 Å². The maximum absolute atomic E-state index is 13.4. The number of methoxy groups -OCH3 is 1. The number of hydrogen-bond acceptors (Lipinski definition) is 9. The SMILES string of the molecule is CCOC(=O)C1=C(C)n2c(s/c(=C\c3ccc(O)c(OC)c3)c2=O)=N[C@H]1c1ccc(O)c(OCC)c1. The minimum Gasteiger partial charge on any atom is -0.504 e. The molecule has 1 aliphatic rings. The fourth-order valence-corrected chi connectivity index (χ4v) is 5.01. The standard InChI is InChI=1S/C26H26N2O7S/c1-5-34-20-13-16(8-10-18(20)30)23-22(25(32)35-6-2)14(3)28-24(31)21(36-26(28)27-23)12-15-7-9-17(29)19(11-15)33-4/h7-13,23,29-30H,5-6H2,1-4H3/b21-12-/t23-/m0/s1. The number of aromatic nitrogens is 1. The molecule has 2 heterocycles. The Balaban J connectivity index is 1.93. The van der Waals surface area contributed by atoms with Crippen LogP contribution in [0.2, 0.25) is 0 Å². The van der Waals surface area contributed by atoms with Crippen molar-refractivity contribution in [2.24, 2.45) is 4.99 Å². The molecule has 0 bridgehead atoms. The number of carbonyl (C=O) groups is 1. The highest BCUT2D eigenvalue weighted by atomic mass is 32.1. The summed E-state index contributed by atoms with van der Waals surface area (Å²) in [7, 11) is 1.45. The van der Waals surface area contributed by atoms with E-state index in [9.17, 15) is 19.8 Å². The zero-order chi connectivity index (χ0) is 26.0. The van der Waals surface area contributed by atoms with Crippen LogP contribution in [0.15, 0.2) is 51.8 Å². The molecule has 9 nitrogen and oxygen atoms in total. The third kappa shape index (κ3) is 4.59. The summed E-state index contributed by atoms with van der Waals surface area (Å²) in [4.78, 5) is 31.5. The molecule has 1 atom stereocenters. The third-order valence-electron chi connectivity index (χ3n) is 5.64. The number of ether oxygens (including phenoxy) is 3. The van der Waals surface area contributed by atoms with Gasteiger partial charge in [0.25, 0.3) is 5.56 Å². The van der Waals surface area contributed by atoms with Crippen LogP contribution in [0.3, 0.4) is 0 Å². The average Bonchev–Trinajstić information content (AvgIpc) is 3.16. The molecule has 1 aliphatic heterocycles. The quantitative estimate of drug-likeness (QED) is 0.469. The van der Waals surface area contributed by atoms with Gasteiger partial charge in [-0.2, -0.15) is 0 Å². The highest BCUT2D eigenvalue weighted by molar-refractivity contribution is 7.07. The topological polar surface area (TPSA) is 120 Å². The number of thiazole rings is 1. The van der Waals surface area contributed by atoms with E-state index < -0.39 is 12.0 Å². The largest absolute Gasteiger partial charge is 0.504 e. The molecule has 10 heteroatoms. The van der Waals surface area contributed by atoms with Gasteiger partial charge < -0.3 is 24.4 Å². The number of fused-ring (bicyclic) bond motifs is 1. The second kappa shape index (κ2) is 10.3. The van der Waals surface area contributed by atoms with Gasteiger partial charge in [-0.25, -0.2) is 9.79 Å². The number of carbonyl (C=O) groups excluding carboxylic acids is 1. The van der Waals surface area contributed by atoms with Gasteiger partial charge in [0.2, 0.25) is 0 Å². The molecule has 3 aromatic rings. The minimum atomic E-state index is -0.761. The number of allylic oxidation sites excluding steroid dienone is 1. The lowest BCUT2D eigenvalue weighted by Crippen LogP contribution is -2.35. The first-order valence-corrected chi connectivity index (χ1v) is 12.1. The van der Waals surface area contributed by atoms with E-state index >= 15 is 0 Å². The van der Waals surface area contributed by atoms with Gasteiger partial charge >= 0.3 is 5.97 Å². The van der Waals surface area contributed by atoms with Crippen molar-refractivity contribution in [3.8, 4) is 23.0 Å². The van der Waals surface area contributed by atoms with E-state index in [-0.39, 0.29) is 40.7 Å². The summed E-state index contributed by atoms with van der Waals surface area (Å²) in [5.41, 5.74) is 1.59. The number of nitrogens with zero attached hydrogens (tertiary/aromatic N) is 2. The molecular weight excluding hydrogens is 484 g/mol. The van der Waals surface area contributed by atoms with Gasteiger partial charge in [-0.1, -0.05) is 23.5 Å². The fraction of sp³-hybridized carbons (Fsp3) is 0.269. The monoisotopic (exact) mass is 510 g/mol. The van der Waals surface area contributed by atoms with Crippen molar-refractivity contribution in [1.82, 2.24) is 4.57 Å². The van der Waals surface area contributed by atoms with E-state index in [1.165, 1.54) is 35.1 Å². The molecule has 0 amide bonds. The highest BCUT2D eigenvalue weighted by Gasteiger charge is 2.32. The number of esters is 1. The van der Waals surface area contributed by atoms with E-state index in [2.05, 4.69) is 0 Å². The Morgan fingerprint density at radius 3 is 2.53 bits per heavy atom. The molecule has 4 rings (SSSR count). The molecule has 2 aromatic carbocycles. The van der Waals surface area contributed by atoms with Gasteiger partial charge in [0.15, 0.2) is 27.8 Å². The van der Waals surface area contributed by atoms with Gasteiger partial charge in [-0.3, -0.25) is 9.36 Å². The lowest BCUT2D eigenvalue weighted by molar-refractivity contribution is -0.138. The van der Waals surface area contributed by atoms with Crippen LogP contribution in [0.25, 0.3) is 11.8 Å². The zero-order valence-electron chi connectivity index (χ0n) is 20.3. The lowest BCUT2D eigenvalue weighted by Gasteiger charge is -2.22. The number of phenols is 2. The predicted molar refractivity (Wildman–Crippen MR) is 135 cm³/mol. The molecule has 0 fully saturated rings. The van der Waals surface area contributed by atoms with E-state index in [4.69, 9.17) is 19.2 Å². The van der Waals surface area contributed by atoms with Crippen LogP contribution in [0, 0.1) is 0 Å². The van der Waals surface area contributed by atoms with Crippen molar-refractivity contribution in [2.45, 2.75) is 26.8 Å². The first kappa shape index (κ1) is 25.1. The van der Waals surface area contributed by atoms with Gasteiger partial charge in [0, 0.05) is 5.70 Å². The summed E-state index contributed by atoms with van der Waals surface area (Å²) in [5.74, 6) is -0.0484. The summed E-state index contributed by atoms with van der Waals surface area (Å²) in [6, 6.07) is 8.80. The van der Waals surface area contributed by atoms with Crippen LogP contribution in [0.5, 0.6) is 23.0 Å². The average molecular weight is 511 g/mol. The molecule has 0 unspecified atom stereocenters. The van der Waals surface area contributed by atoms with Crippen molar-refractivity contribution in [3.05, 3.63) is 72.8 Å². The van der Waals surface area contributed by atoms with Gasteiger partial charge in [0.1, 0.15) is 6.04 Å².